The summed E-state index contributed by atoms with van der Waals surface area (Å²) in [5.74, 6) is 1.09. The van der Waals surface area contributed by atoms with Crippen molar-refractivity contribution in [2.75, 3.05) is 19.6 Å². The van der Waals surface area contributed by atoms with Crippen LogP contribution in [0.25, 0.3) is 0 Å². The number of carbonyl (C=O) groups is 1. The zero-order valence-corrected chi connectivity index (χ0v) is 14.3. The molecule has 1 aromatic heterocycles. The average Bonchev–Trinajstić information content (AvgIpc) is 2.45. The SMILES string of the molecule is CCC(C)C(=O)N1CC(N(Cc2ccncc2)CC(C)C)C1. The minimum Gasteiger partial charge on any atom is -0.339 e. The molecule has 4 nitrogen and oxygen atoms in total. The number of likely N-dealkylation sites (tertiary alicyclic amines) is 1. The van der Waals surface area contributed by atoms with E-state index in [-0.39, 0.29) is 5.92 Å². The molecule has 2 rings (SSSR count). The molecule has 1 aromatic rings. The van der Waals surface area contributed by atoms with Gasteiger partial charge in [-0.2, -0.15) is 0 Å². The Morgan fingerprint density at radius 3 is 2.50 bits per heavy atom. The third-order valence-corrected chi connectivity index (χ3v) is 4.46. The summed E-state index contributed by atoms with van der Waals surface area (Å²) in [7, 11) is 0. The van der Waals surface area contributed by atoms with Crippen molar-refractivity contribution in [2.45, 2.75) is 46.7 Å². The average molecular weight is 303 g/mol. The maximum absolute atomic E-state index is 12.2. The van der Waals surface area contributed by atoms with Gasteiger partial charge in [-0.25, -0.2) is 0 Å². The summed E-state index contributed by atoms with van der Waals surface area (Å²) in [6, 6.07) is 4.64. The molecule has 1 saturated heterocycles. The van der Waals surface area contributed by atoms with E-state index in [0.717, 1.165) is 32.6 Å². The minimum absolute atomic E-state index is 0.152. The summed E-state index contributed by atoms with van der Waals surface area (Å²) in [4.78, 5) is 20.8. The number of pyridine rings is 1. The van der Waals surface area contributed by atoms with Gasteiger partial charge in [-0.15, -0.1) is 0 Å². The van der Waals surface area contributed by atoms with Crippen LogP contribution in [0.2, 0.25) is 0 Å². The molecule has 0 spiro atoms. The van der Waals surface area contributed by atoms with Crippen LogP contribution in [0.5, 0.6) is 0 Å². The predicted molar refractivity (Wildman–Crippen MR) is 89.3 cm³/mol. The van der Waals surface area contributed by atoms with Crippen molar-refractivity contribution < 1.29 is 4.79 Å². The quantitative estimate of drug-likeness (QED) is 0.777. The first-order valence-electron chi connectivity index (χ1n) is 8.43. The monoisotopic (exact) mass is 303 g/mol. The Hall–Kier alpha value is -1.42. The van der Waals surface area contributed by atoms with Crippen LogP contribution >= 0.6 is 0 Å². The molecule has 0 radical (unpaired) electrons. The largest absolute Gasteiger partial charge is 0.339 e. The summed E-state index contributed by atoms with van der Waals surface area (Å²) < 4.78 is 0. The molecule has 0 saturated carbocycles. The number of nitrogens with zero attached hydrogens (tertiary/aromatic N) is 3. The van der Waals surface area contributed by atoms with Gasteiger partial charge in [0.1, 0.15) is 0 Å². The lowest BCUT2D eigenvalue weighted by Crippen LogP contribution is -2.62. The van der Waals surface area contributed by atoms with Gasteiger partial charge in [0.05, 0.1) is 0 Å². The molecule has 1 unspecified atom stereocenters. The molecule has 1 atom stereocenters. The van der Waals surface area contributed by atoms with Crippen molar-refractivity contribution in [1.82, 2.24) is 14.8 Å². The first kappa shape index (κ1) is 16.9. The summed E-state index contributed by atoms with van der Waals surface area (Å²) in [5, 5.41) is 0. The second-order valence-corrected chi connectivity index (χ2v) is 6.89. The van der Waals surface area contributed by atoms with E-state index >= 15 is 0 Å². The van der Waals surface area contributed by atoms with Crippen LogP contribution in [-0.2, 0) is 11.3 Å². The number of aromatic nitrogens is 1. The first-order chi connectivity index (χ1) is 10.5. The van der Waals surface area contributed by atoms with Gasteiger partial charge in [-0.05, 0) is 30.0 Å². The van der Waals surface area contributed by atoms with Crippen molar-refractivity contribution in [1.29, 1.82) is 0 Å². The van der Waals surface area contributed by atoms with Gasteiger partial charge in [0, 0.05) is 50.5 Å². The summed E-state index contributed by atoms with van der Waals surface area (Å²) in [5.41, 5.74) is 1.29. The van der Waals surface area contributed by atoms with Crippen LogP contribution in [-0.4, -0.2) is 46.4 Å². The summed E-state index contributed by atoms with van der Waals surface area (Å²) >= 11 is 0. The minimum atomic E-state index is 0.152. The van der Waals surface area contributed by atoms with Gasteiger partial charge in [0.25, 0.3) is 0 Å². The Bertz CT molecular complexity index is 468. The third-order valence-electron chi connectivity index (χ3n) is 4.46. The van der Waals surface area contributed by atoms with E-state index in [2.05, 4.69) is 42.8 Å². The van der Waals surface area contributed by atoms with Crippen LogP contribution in [0.1, 0.15) is 39.7 Å². The lowest BCUT2D eigenvalue weighted by atomic mass is 10.00. The number of rotatable bonds is 7. The van der Waals surface area contributed by atoms with E-state index in [0.29, 0.717) is 17.9 Å². The lowest BCUT2D eigenvalue weighted by Gasteiger charge is -2.46. The van der Waals surface area contributed by atoms with Crippen molar-refractivity contribution >= 4 is 5.91 Å². The van der Waals surface area contributed by atoms with Crippen LogP contribution < -0.4 is 0 Å². The third kappa shape index (κ3) is 4.29. The Morgan fingerprint density at radius 1 is 1.32 bits per heavy atom. The highest BCUT2D eigenvalue weighted by Crippen LogP contribution is 2.21. The second-order valence-electron chi connectivity index (χ2n) is 6.89. The van der Waals surface area contributed by atoms with E-state index < -0.39 is 0 Å². The molecular formula is C18H29N3O. The van der Waals surface area contributed by atoms with Crippen LogP contribution in [0, 0.1) is 11.8 Å². The number of hydrogen-bond donors (Lipinski definition) is 0. The molecule has 1 aliphatic rings. The fourth-order valence-corrected chi connectivity index (χ4v) is 2.89. The highest BCUT2D eigenvalue weighted by atomic mass is 16.2. The smallest absolute Gasteiger partial charge is 0.225 e. The Balaban J connectivity index is 1.93. The van der Waals surface area contributed by atoms with Crippen molar-refractivity contribution in [3.8, 4) is 0 Å². The summed E-state index contributed by atoms with van der Waals surface area (Å²) in [6.07, 6.45) is 4.62. The molecule has 4 heteroatoms. The molecule has 1 fully saturated rings. The van der Waals surface area contributed by atoms with E-state index in [1.165, 1.54) is 5.56 Å². The van der Waals surface area contributed by atoms with Crippen LogP contribution in [0.4, 0.5) is 0 Å². The Kier molecular flexibility index (Phi) is 5.95. The predicted octanol–water partition coefficient (Wildman–Crippen LogP) is 2.80. The lowest BCUT2D eigenvalue weighted by molar-refractivity contribution is -0.143. The molecule has 2 heterocycles. The first-order valence-corrected chi connectivity index (χ1v) is 8.43. The molecule has 1 aliphatic heterocycles. The molecule has 122 valence electrons. The molecule has 0 aromatic carbocycles. The van der Waals surface area contributed by atoms with Gasteiger partial charge in [-0.1, -0.05) is 27.7 Å². The molecular weight excluding hydrogens is 274 g/mol. The van der Waals surface area contributed by atoms with Crippen molar-refractivity contribution in [2.24, 2.45) is 11.8 Å². The van der Waals surface area contributed by atoms with E-state index in [4.69, 9.17) is 0 Å². The molecule has 0 N–H and O–H groups in total. The van der Waals surface area contributed by atoms with Crippen molar-refractivity contribution in [3.63, 3.8) is 0 Å². The zero-order valence-electron chi connectivity index (χ0n) is 14.3. The van der Waals surface area contributed by atoms with Gasteiger partial charge >= 0.3 is 0 Å². The van der Waals surface area contributed by atoms with E-state index in [9.17, 15) is 4.79 Å². The molecule has 22 heavy (non-hydrogen) atoms. The molecule has 1 amide bonds. The normalized spacial score (nSPS) is 16.9. The summed E-state index contributed by atoms with van der Waals surface area (Å²) in [6.45, 7) is 12.4. The van der Waals surface area contributed by atoms with Gasteiger partial charge < -0.3 is 4.90 Å². The van der Waals surface area contributed by atoms with Crippen LogP contribution in [0.3, 0.4) is 0 Å². The van der Waals surface area contributed by atoms with Gasteiger partial charge in [-0.3, -0.25) is 14.7 Å². The fourth-order valence-electron chi connectivity index (χ4n) is 2.89. The van der Waals surface area contributed by atoms with E-state index in [1.807, 2.05) is 24.2 Å². The van der Waals surface area contributed by atoms with E-state index in [1.54, 1.807) is 0 Å². The van der Waals surface area contributed by atoms with Crippen LogP contribution in [0.15, 0.2) is 24.5 Å². The molecule has 0 bridgehead atoms. The fraction of sp³-hybridized carbons (Fsp3) is 0.667. The van der Waals surface area contributed by atoms with Crippen molar-refractivity contribution in [3.05, 3.63) is 30.1 Å². The number of hydrogen-bond acceptors (Lipinski definition) is 3. The van der Waals surface area contributed by atoms with Gasteiger partial charge in [0.15, 0.2) is 0 Å². The zero-order chi connectivity index (χ0) is 16.1. The van der Waals surface area contributed by atoms with Gasteiger partial charge in [0.2, 0.25) is 5.91 Å². The number of amides is 1. The maximum atomic E-state index is 12.2. The standard InChI is InChI=1S/C18H29N3O/c1-5-15(4)18(22)21-12-17(13-21)20(10-14(2)3)11-16-6-8-19-9-7-16/h6-9,14-15,17H,5,10-13H2,1-4H3. The highest BCUT2D eigenvalue weighted by Gasteiger charge is 2.36. The molecule has 0 aliphatic carbocycles. The Labute approximate surface area is 134 Å². The highest BCUT2D eigenvalue weighted by molar-refractivity contribution is 5.79. The Morgan fingerprint density at radius 2 is 1.95 bits per heavy atom. The maximum Gasteiger partial charge on any atom is 0.225 e. The topological polar surface area (TPSA) is 36.4 Å². The number of carbonyl (C=O) groups excluding carboxylic acids is 1. The second kappa shape index (κ2) is 7.73.